The summed E-state index contributed by atoms with van der Waals surface area (Å²) in [5.41, 5.74) is 6.41. The second-order valence-corrected chi connectivity index (χ2v) is 2.01. The van der Waals surface area contributed by atoms with E-state index in [1.54, 1.807) is 13.2 Å². The lowest BCUT2D eigenvalue weighted by atomic mass is 10.4. The summed E-state index contributed by atoms with van der Waals surface area (Å²) in [6.07, 6.45) is 1.69. The van der Waals surface area contributed by atoms with Crippen LogP contribution in [0, 0.1) is 6.92 Å². The summed E-state index contributed by atoms with van der Waals surface area (Å²) in [5.74, 6) is 1.09. The number of aliphatic hydroxyl groups is 1. The topological polar surface area (TPSA) is 84.1 Å². The third-order valence-corrected chi connectivity index (χ3v) is 1.23. The smallest absolute Gasteiger partial charge is 0.224 e. The summed E-state index contributed by atoms with van der Waals surface area (Å²) in [5, 5.41) is 9.79. The van der Waals surface area contributed by atoms with Gasteiger partial charge in [-0.25, -0.2) is 4.98 Å². The molecule has 0 aliphatic heterocycles. The van der Waals surface area contributed by atoms with Crippen molar-refractivity contribution in [2.24, 2.45) is 0 Å². The van der Waals surface area contributed by atoms with Crippen molar-refractivity contribution in [3.05, 3.63) is 11.8 Å². The zero-order chi connectivity index (χ0) is 9.56. The highest BCUT2D eigenvalue weighted by atomic mass is 16.2. The normalized spacial score (nSPS) is 8.33. The van der Waals surface area contributed by atoms with E-state index in [-0.39, 0.29) is 0 Å². The molecule has 0 aliphatic rings. The zero-order valence-electron chi connectivity index (χ0n) is 7.50. The van der Waals surface area contributed by atoms with E-state index in [4.69, 9.17) is 10.8 Å². The van der Waals surface area contributed by atoms with Gasteiger partial charge >= 0.3 is 0 Å². The van der Waals surface area contributed by atoms with E-state index in [0.717, 1.165) is 12.7 Å². The Balaban J connectivity index is 0.000000561. The average Bonchev–Trinajstić information content (AvgIpc) is 2.13. The fraction of sp³-hybridized carbons (Fsp3) is 0.429. The van der Waals surface area contributed by atoms with Crippen LogP contribution < -0.4 is 11.1 Å². The minimum Gasteiger partial charge on any atom is -0.400 e. The second kappa shape index (κ2) is 5.31. The van der Waals surface area contributed by atoms with Gasteiger partial charge in [0.2, 0.25) is 5.95 Å². The molecule has 0 bridgehead atoms. The van der Waals surface area contributed by atoms with Gasteiger partial charge in [0.15, 0.2) is 0 Å². The average molecular weight is 170 g/mol. The molecule has 0 unspecified atom stereocenters. The van der Waals surface area contributed by atoms with Gasteiger partial charge in [-0.2, -0.15) is 4.98 Å². The number of rotatable bonds is 1. The molecule has 0 radical (unpaired) electrons. The van der Waals surface area contributed by atoms with Crippen molar-refractivity contribution in [3.63, 3.8) is 0 Å². The number of aliphatic hydroxyl groups excluding tert-OH is 1. The molecule has 0 aliphatic carbocycles. The number of nitrogens with two attached hydrogens (primary N) is 1. The molecule has 4 N–H and O–H groups in total. The number of hydrogen-bond acceptors (Lipinski definition) is 5. The SMILES string of the molecule is CNc1ncc(C)c(N)n1.CO. The number of aryl methyl sites for hydroxylation is 1. The molecule has 1 aromatic heterocycles. The van der Waals surface area contributed by atoms with Gasteiger partial charge in [-0.05, 0) is 6.92 Å². The van der Waals surface area contributed by atoms with E-state index >= 15 is 0 Å². The maximum atomic E-state index is 7.00. The number of nitrogens with one attached hydrogen (secondary N) is 1. The van der Waals surface area contributed by atoms with Crippen molar-refractivity contribution in [1.82, 2.24) is 9.97 Å². The lowest BCUT2D eigenvalue weighted by Gasteiger charge is -2.00. The number of anilines is 2. The van der Waals surface area contributed by atoms with Gasteiger partial charge in [0.1, 0.15) is 5.82 Å². The van der Waals surface area contributed by atoms with Gasteiger partial charge in [-0.15, -0.1) is 0 Å². The molecule has 1 heterocycles. The van der Waals surface area contributed by atoms with E-state index in [1.165, 1.54) is 0 Å². The number of nitrogens with zero attached hydrogens (tertiary/aromatic N) is 2. The monoisotopic (exact) mass is 170 g/mol. The van der Waals surface area contributed by atoms with E-state index in [2.05, 4.69) is 15.3 Å². The van der Waals surface area contributed by atoms with E-state index in [9.17, 15) is 0 Å². The first-order chi connectivity index (χ1) is 5.74. The maximum absolute atomic E-state index is 7.00. The van der Waals surface area contributed by atoms with Crippen molar-refractivity contribution < 1.29 is 5.11 Å². The van der Waals surface area contributed by atoms with Crippen molar-refractivity contribution in [3.8, 4) is 0 Å². The third-order valence-electron chi connectivity index (χ3n) is 1.23. The zero-order valence-corrected chi connectivity index (χ0v) is 7.50. The van der Waals surface area contributed by atoms with Gasteiger partial charge in [0.25, 0.3) is 0 Å². The quantitative estimate of drug-likeness (QED) is 0.553. The fourth-order valence-electron chi connectivity index (χ4n) is 0.576. The van der Waals surface area contributed by atoms with Gasteiger partial charge in [-0.1, -0.05) is 0 Å². The largest absolute Gasteiger partial charge is 0.400 e. The number of aromatic nitrogens is 2. The molecule has 1 aromatic rings. The van der Waals surface area contributed by atoms with Crippen LogP contribution in [0.5, 0.6) is 0 Å². The van der Waals surface area contributed by atoms with Gasteiger partial charge in [-0.3, -0.25) is 0 Å². The van der Waals surface area contributed by atoms with Crippen LogP contribution in [-0.4, -0.2) is 29.2 Å². The van der Waals surface area contributed by atoms with Crippen LogP contribution in [0.3, 0.4) is 0 Å². The summed E-state index contributed by atoms with van der Waals surface area (Å²) in [6.45, 7) is 1.87. The molecule has 0 fully saturated rings. The minimum atomic E-state index is 0.527. The fourth-order valence-corrected chi connectivity index (χ4v) is 0.576. The van der Waals surface area contributed by atoms with Gasteiger partial charge in [0, 0.05) is 25.9 Å². The summed E-state index contributed by atoms with van der Waals surface area (Å²) in [7, 11) is 2.75. The lowest BCUT2D eigenvalue weighted by Crippen LogP contribution is -2.01. The Morgan fingerprint density at radius 2 is 2.08 bits per heavy atom. The maximum Gasteiger partial charge on any atom is 0.224 e. The van der Waals surface area contributed by atoms with E-state index in [1.807, 2.05) is 6.92 Å². The van der Waals surface area contributed by atoms with Crippen LogP contribution in [0.2, 0.25) is 0 Å². The molecule has 5 nitrogen and oxygen atoms in total. The molecule has 0 spiro atoms. The molecule has 1 rings (SSSR count). The van der Waals surface area contributed by atoms with Crippen LogP contribution in [-0.2, 0) is 0 Å². The molecule has 0 amide bonds. The highest BCUT2D eigenvalue weighted by Gasteiger charge is 1.95. The first-order valence-electron chi connectivity index (χ1n) is 3.45. The molecule has 0 saturated carbocycles. The molecule has 5 heteroatoms. The summed E-state index contributed by atoms with van der Waals surface area (Å²) >= 11 is 0. The Morgan fingerprint density at radius 3 is 2.50 bits per heavy atom. The summed E-state index contributed by atoms with van der Waals surface area (Å²) < 4.78 is 0. The first kappa shape index (κ1) is 10.6. The van der Waals surface area contributed by atoms with Crippen LogP contribution in [0.1, 0.15) is 5.56 Å². The molecule has 12 heavy (non-hydrogen) atoms. The van der Waals surface area contributed by atoms with Crippen molar-refractivity contribution in [2.45, 2.75) is 6.92 Å². The van der Waals surface area contributed by atoms with Crippen molar-refractivity contribution >= 4 is 11.8 Å². The lowest BCUT2D eigenvalue weighted by molar-refractivity contribution is 0.399. The van der Waals surface area contributed by atoms with Crippen LogP contribution in [0.4, 0.5) is 11.8 Å². The highest BCUT2D eigenvalue weighted by molar-refractivity contribution is 5.41. The molecule has 0 aromatic carbocycles. The second-order valence-electron chi connectivity index (χ2n) is 2.01. The third kappa shape index (κ3) is 2.71. The summed E-state index contributed by atoms with van der Waals surface area (Å²) in [4.78, 5) is 7.90. The standard InChI is InChI=1S/C6H10N4.CH4O/c1-4-3-9-6(8-2)10-5(4)7;1-2/h3H,1-2H3,(H3,7,8,9,10);2H,1H3. The molecule has 0 atom stereocenters. The van der Waals surface area contributed by atoms with E-state index < -0.39 is 0 Å². The Bertz CT molecular complexity index is 239. The van der Waals surface area contributed by atoms with Gasteiger partial charge in [0.05, 0.1) is 0 Å². The Hall–Kier alpha value is -1.36. The van der Waals surface area contributed by atoms with Crippen molar-refractivity contribution in [1.29, 1.82) is 0 Å². The van der Waals surface area contributed by atoms with Crippen molar-refractivity contribution in [2.75, 3.05) is 25.2 Å². The predicted molar refractivity (Wildman–Crippen MR) is 48.9 cm³/mol. The first-order valence-corrected chi connectivity index (χ1v) is 3.45. The Labute approximate surface area is 71.7 Å². The Morgan fingerprint density at radius 1 is 1.50 bits per heavy atom. The predicted octanol–water partition coefficient (Wildman–Crippen LogP) is 0.0174. The molecule has 0 saturated heterocycles. The van der Waals surface area contributed by atoms with E-state index in [0.29, 0.717) is 11.8 Å². The number of hydrogen-bond donors (Lipinski definition) is 3. The minimum absolute atomic E-state index is 0.527. The van der Waals surface area contributed by atoms with Crippen LogP contribution in [0.25, 0.3) is 0 Å². The molecule has 68 valence electrons. The number of nitrogen functional groups attached to an aromatic ring is 1. The molecular formula is C7H14N4O. The Kier molecular flexibility index (Phi) is 4.71. The van der Waals surface area contributed by atoms with Crippen LogP contribution in [0.15, 0.2) is 6.20 Å². The summed E-state index contributed by atoms with van der Waals surface area (Å²) in [6, 6.07) is 0. The van der Waals surface area contributed by atoms with Gasteiger partial charge < -0.3 is 16.2 Å². The highest BCUT2D eigenvalue weighted by Crippen LogP contribution is 2.06. The molecular weight excluding hydrogens is 156 g/mol. The van der Waals surface area contributed by atoms with Crippen LogP contribution >= 0.6 is 0 Å².